The Morgan fingerprint density at radius 3 is 2.94 bits per heavy atom. The van der Waals surface area contributed by atoms with Gasteiger partial charge in [-0.25, -0.2) is 4.98 Å². The van der Waals surface area contributed by atoms with E-state index in [0.29, 0.717) is 14.6 Å². The summed E-state index contributed by atoms with van der Waals surface area (Å²) in [7, 11) is 1.61. The molecule has 0 saturated carbocycles. The zero-order chi connectivity index (χ0) is 11.9. The van der Waals surface area contributed by atoms with E-state index in [2.05, 4.69) is 4.98 Å². The molecule has 16 heavy (non-hydrogen) atoms. The lowest BCUT2D eigenvalue weighted by molar-refractivity contribution is -0.137. The zero-order valence-electron chi connectivity index (χ0n) is 8.35. The van der Waals surface area contributed by atoms with Gasteiger partial charge in [-0.05, 0) is 22.6 Å². The van der Waals surface area contributed by atoms with Crippen molar-refractivity contribution < 1.29 is 9.90 Å². The predicted octanol–water partition coefficient (Wildman–Crippen LogP) is 0.424. The Kier molecular flexibility index (Phi) is 2.70. The van der Waals surface area contributed by atoms with E-state index in [9.17, 15) is 9.59 Å². The second kappa shape index (κ2) is 3.89. The smallest absolute Gasteiger partial charge is 0.323 e. The van der Waals surface area contributed by atoms with E-state index in [4.69, 9.17) is 5.11 Å². The van der Waals surface area contributed by atoms with E-state index in [1.54, 1.807) is 13.2 Å². The molecule has 0 amide bonds. The highest BCUT2D eigenvalue weighted by Crippen LogP contribution is 2.17. The molecule has 0 bridgehead atoms. The first kappa shape index (κ1) is 11.1. The second-order valence-electron chi connectivity index (χ2n) is 3.36. The number of carboxylic acids is 1. The average Bonchev–Trinajstić information content (AvgIpc) is 2.49. The number of fused-ring (bicyclic) bond motifs is 1. The van der Waals surface area contributed by atoms with Crippen molar-refractivity contribution in [3.05, 3.63) is 26.4 Å². The van der Waals surface area contributed by atoms with Crippen molar-refractivity contribution in [3.63, 3.8) is 0 Å². The van der Waals surface area contributed by atoms with Gasteiger partial charge in [-0.1, -0.05) is 0 Å². The van der Waals surface area contributed by atoms with Gasteiger partial charge in [-0.3, -0.25) is 9.59 Å². The van der Waals surface area contributed by atoms with Gasteiger partial charge in [-0.2, -0.15) is 0 Å². The Balaban J connectivity index is 2.77. The minimum atomic E-state index is -0.962. The molecule has 0 aliphatic heterocycles. The minimum absolute atomic E-state index is 0.168. The number of aliphatic carboxylic acids is 1. The second-order valence-corrected chi connectivity index (χ2v) is 4.52. The highest BCUT2D eigenvalue weighted by atomic mass is 127. The summed E-state index contributed by atoms with van der Waals surface area (Å²) in [5.74, 6) is -0.962. The van der Waals surface area contributed by atoms with Gasteiger partial charge in [0.25, 0.3) is 5.56 Å². The number of hydrogen-bond donors (Lipinski definition) is 1. The quantitative estimate of drug-likeness (QED) is 0.809. The van der Waals surface area contributed by atoms with E-state index >= 15 is 0 Å². The van der Waals surface area contributed by atoms with Crippen molar-refractivity contribution >= 4 is 39.6 Å². The van der Waals surface area contributed by atoms with Gasteiger partial charge < -0.3 is 14.2 Å². The summed E-state index contributed by atoms with van der Waals surface area (Å²) < 4.78 is 3.54. The zero-order valence-corrected chi connectivity index (χ0v) is 10.5. The van der Waals surface area contributed by atoms with E-state index in [1.807, 2.05) is 22.6 Å². The highest BCUT2D eigenvalue weighted by Gasteiger charge is 2.13. The first-order valence-corrected chi connectivity index (χ1v) is 5.50. The van der Waals surface area contributed by atoms with E-state index in [1.165, 1.54) is 15.5 Å². The van der Waals surface area contributed by atoms with Gasteiger partial charge in [0.2, 0.25) is 0 Å². The normalized spacial score (nSPS) is 10.9. The van der Waals surface area contributed by atoms with Gasteiger partial charge in [-0.15, -0.1) is 0 Å². The summed E-state index contributed by atoms with van der Waals surface area (Å²) in [6.07, 6.45) is 3.01. The highest BCUT2D eigenvalue weighted by molar-refractivity contribution is 14.1. The molecule has 2 aromatic rings. The molecule has 1 N–H and O–H groups in total. The van der Waals surface area contributed by atoms with Crippen LogP contribution in [0.4, 0.5) is 0 Å². The third-order valence-corrected chi connectivity index (χ3v) is 3.01. The van der Waals surface area contributed by atoms with Crippen molar-refractivity contribution in [2.24, 2.45) is 7.05 Å². The molecular weight excluding hydrogens is 325 g/mol. The third-order valence-electron chi connectivity index (χ3n) is 2.20. The lowest BCUT2D eigenvalue weighted by Crippen LogP contribution is -2.18. The lowest BCUT2D eigenvalue weighted by atomic mass is 10.4. The molecule has 7 heteroatoms. The number of carbonyl (C=O) groups is 1. The number of aryl methyl sites for hydroxylation is 1. The van der Waals surface area contributed by atoms with Crippen LogP contribution in [-0.4, -0.2) is 25.2 Å². The summed E-state index contributed by atoms with van der Waals surface area (Å²) in [5, 5.41) is 9.19. The third kappa shape index (κ3) is 1.70. The summed E-state index contributed by atoms with van der Waals surface area (Å²) in [6, 6.07) is 0. The maximum absolute atomic E-state index is 11.8. The molecule has 2 heterocycles. The standard InChI is InChI=1S/C9H8IN3O3/c1-12-4-11-8-7(9(12)16)5(10)2-13(8)3-6(14)15/h2,4H,3H2,1H3,(H,14,15). The Morgan fingerprint density at radius 1 is 1.62 bits per heavy atom. The molecule has 0 spiro atoms. The Morgan fingerprint density at radius 2 is 2.31 bits per heavy atom. The van der Waals surface area contributed by atoms with Crippen LogP contribution < -0.4 is 5.56 Å². The van der Waals surface area contributed by atoms with E-state index < -0.39 is 5.97 Å². The molecule has 0 atom stereocenters. The molecule has 0 unspecified atom stereocenters. The summed E-state index contributed by atoms with van der Waals surface area (Å²) >= 11 is 2.00. The fraction of sp³-hybridized carbons (Fsp3) is 0.222. The number of hydrogen-bond acceptors (Lipinski definition) is 3. The van der Waals surface area contributed by atoms with E-state index in [-0.39, 0.29) is 12.1 Å². The lowest BCUT2D eigenvalue weighted by Gasteiger charge is -2.00. The number of halogens is 1. The first-order chi connectivity index (χ1) is 7.50. The number of rotatable bonds is 2. The first-order valence-electron chi connectivity index (χ1n) is 4.42. The monoisotopic (exact) mass is 333 g/mol. The van der Waals surface area contributed by atoms with Gasteiger partial charge in [0.1, 0.15) is 12.2 Å². The van der Waals surface area contributed by atoms with Crippen LogP contribution in [0, 0.1) is 3.57 Å². The molecule has 0 aliphatic rings. The van der Waals surface area contributed by atoms with Crippen LogP contribution in [0.3, 0.4) is 0 Å². The number of aromatic nitrogens is 3. The Bertz CT molecular complexity index is 629. The fourth-order valence-electron chi connectivity index (χ4n) is 1.49. The number of carboxylic acid groups (broad SMARTS) is 1. The molecular formula is C9H8IN3O3. The summed E-state index contributed by atoms with van der Waals surface area (Å²) in [6.45, 7) is -0.195. The van der Waals surface area contributed by atoms with Crippen molar-refractivity contribution in [1.29, 1.82) is 0 Å². The molecule has 0 saturated heterocycles. The van der Waals surface area contributed by atoms with Crippen LogP contribution in [0.5, 0.6) is 0 Å². The van der Waals surface area contributed by atoms with Crippen LogP contribution in [0.15, 0.2) is 17.3 Å². The largest absolute Gasteiger partial charge is 0.480 e. The minimum Gasteiger partial charge on any atom is -0.480 e. The van der Waals surface area contributed by atoms with Crippen LogP contribution in [-0.2, 0) is 18.4 Å². The molecule has 0 radical (unpaired) electrons. The molecule has 6 nitrogen and oxygen atoms in total. The van der Waals surface area contributed by atoms with Gasteiger partial charge >= 0.3 is 5.97 Å². The van der Waals surface area contributed by atoms with Crippen LogP contribution in [0.25, 0.3) is 11.0 Å². The molecule has 84 valence electrons. The van der Waals surface area contributed by atoms with Crippen molar-refractivity contribution in [1.82, 2.24) is 14.1 Å². The Labute approximate surface area is 104 Å². The van der Waals surface area contributed by atoms with Crippen molar-refractivity contribution in [3.8, 4) is 0 Å². The van der Waals surface area contributed by atoms with Crippen molar-refractivity contribution in [2.75, 3.05) is 0 Å². The molecule has 0 aliphatic carbocycles. The van der Waals surface area contributed by atoms with Crippen LogP contribution in [0.1, 0.15) is 0 Å². The van der Waals surface area contributed by atoms with Gasteiger partial charge in [0.15, 0.2) is 0 Å². The summed E-state index contributed by atoms with van der Waals surface area (Å²) in [4.78, 5) is 26.5. The van der Waals surface area contributed by atoms with E-state index in [0.717, 1.165) is 0 Å². The SMILES string of the molecule is Cn1cnc2c(c(I)cn2CC(=O)O)c1=O. The molecule has 2 aromatic heterocycles. The fourth-order valence-corrected chi connectivity index (χ4v) is 2.29. The summed E-state index contributed by atoms with van der Waals surface area (Å²) in [5.41, 5.74) is 0.244. The molecule has 0 fully saturated rings. The van der Waals surface area contributed by atoms with Gasteiger partial charge in [0, 0.05) is 16.8 Å². The maximum Gasteiger partial charge on any atom is 0.323 e. The molecule has 0 aromatic carbocycles. The maximum atomic E-state index is 11.8. The van der Waals surface area contributed by atoms with Crippen molar-refractivity contribution in [2.45, 2.75) is 6.54 Å². The van der Waals surface area contributed by atoms with Crippen LogP contribution >= 0.6 is 22.6 Å². The Hall–Kier alpha value is -1.38. The predicted molar refractivity (Wildman–Crippen MR) is 65.3 cm³/mol. The van der Waals surface area contributed by atoms with Crippen LogP contribution in [0.2, 0.25) is 0 Å². The van der Waals surface area contributed by atoms with Gasteiger partial charge in [0.05, 0.1) is 11.7 Å². The number of nitrogens with zero attached hydrogens (tertiary/aromatic N) is 3. The molecule has 2 rings (SSSR count). The average molecular weight is 333 g/mol. The topological polar surface area (TPSA) is 77.1 Å².